The maximum atomic E-state index is 13.6. The minimum Gasteiger partial charge on any atom is -0.370 e. The smallest absolute Gasteiger partial charge is 0.251 e. The summed E-state index contributed by atoms with van der Waals surface area (Å²) in [5, 5.41) is 8.87. The summed E-state index contributed by atoms with van der Waals surface area (Å²) in [6.45, 7) is 6.63. The Kier molecular flexibility index (Phi) is 5.27. The second-order valence-corrected chi connectivity index (χ2v) is 10.6. The van der Waals surface area contributed by atoms with Crippen molar-refractivity contribution in [1.82, 2.24) is 25.0 Å². The highest BCUT2D eigenvalue weighted by atomic mass is 19.3. The van der Waals surface area contributed by atoms with Gasteiger partial charge in [-0.05, 0) is 68.7 Å². The van der Waals surface area contributed by atoms with Crippen molar-refractivity contribution in [3.05, 3.63) is 41.7 Å². The molecule has 9 heteroatoms. The number of piperidine rings is 2. The molecule has 4 heterocycles. The van der Waals surface area contributed by atoms with Gasteiger partial charge in [-0.1, -0.05) is 11.3 Å². The molecule has 0 amide bonds. The molecule has 0 bridgehead atoms. The molecular formula is C26H31F2N7. The second kappa shape index (κ2) is 8.24. The third kappa shape index (κ3) is 4.48. The molecule has 1 saturated carbocycles. The van der Waals surface area contributed by atoms with Gasteiger partial charge < -0.3 is 9.80 Å². The normalized spacial score (nSPS) is 20.9. The summed E-state index contributed by atoms with van der Waals surface area (Å²) in [5.74, 6) is -2.13. The fourth-order valence-corrected chi connectivity index (χ4v) is 5.34. The number of anilines is 2. The van der Waals surface area contributed by atoms with E-state index in [2.05, 4.69) is 50.3 Å². The first-order valence-electron chi connectivity index (χ1n) is 12.6. The van der Waals surface area contributed by atoms with E-state index in [1.807, 2.05) is 28.8 Å². The molecule has 3 aromatic rings. The Morgan fingerprint density at radius 2 is 1.49 bits per heavy atom. The molecule has 2 aliphatic heterocycles. The highest BCUT2D eigenvalue weighted by Crippen LogP contribution is 2.54. The molecule has 2 saturated heterocycles. The summed E-state index contributed by atoms with van der Waals surface area (Å²) >= 11 is 0. The molecule has 0 N–H and O–H groups in total. The van der Waals surface area contributed by atoms with Crippen LogP contribution in [0.15, 0.2) is 30.5 Å². The maximum absolute atomic E-state index is 13.6. The van der Waals surface area contributed by atoms with Crippen LogP contribution < -0.4 is 9.80 Å². The summed E-state index contributed by atoms with van der Waals surface area (Å²) in [6, 6.07) is 8.31. The molecule has 1 spiro atoms. The van der Waals surface area contributed by atoms with Gasteiger partial charge in [0.1, 0.15) is 5.69 Å². The lowest BCUT2D eigenvalue weighted by atomic mass is 9.93. The summed E-state index contributed by atoms with van der Waals surface area (Å²) in [5.41, 5.74) is 6.10. The minimum absolute atomic E-state index is 0.177. The van der Waals surface area contributed by atoms with E-state index >= 15 is 0 Å². The molecule has 7 nitrogen and oxygen atoms in total. The SMILES string of the molecule is Cc1ccc(-n2cc(-c3cc(C)nc(N4CCC(F)(F)CC4)n3)nn2)c(N2CCC3(CC2)CC3)c1. The fourth-order valence-electron chi connectivity index (χ4n) is 5.34. The zero-order chi connectivity index (χ0) is 24.2. The summed E-state index contributed by atoms with van der Waals surface area (Å²) in [6.07, 6.45) is 6.83. The number of aryl methyl sites for hydroxylation is 2. The van der Waals surface area contributed by atoms with Gasteiger partial charge in [-0.25, -0.2) is 23.4 Å². The topological polar surface area (TPSA) is 63.0 Å². The average Bonchev–Trinajstić information content (AvgIpc) is 3.39. The third-order valence-corrected chi connectivity index (χ3v) is 7.88. The molecule has 3 fully saturated rings. The van der Waals surface area contributed by atoms with Crippen LogP contribution in [0.1, 0.15) is 49.8 Å². The van der Waals surface area contributed by atoms with Crippen LogP contribution in [0, 0.1) is 19.3 Å². The van der Waals surface area contributed by atoms with Crippen LogP contribution >= 0.6 is 0 Å². The highest BCUT2D eigenvalue weighted by Gasteiger charge is 2.44. The Bertz CT molecular complexity index is 1230. The van der Waals surface area contributed by atoms with Crippen molar-refractivity contribution in [2.45, 2.75) is 58.3 Å². The number of alkyl halides is 2. The van der Waals surface area contributed by atoms with E-state index < -0.39 is 5.92 Å². The Morgan fingerprint density at radius 1 is 0.771 bits per heavy atom. The number of halogens is 2. The van der Waals surface area contributed by atoms with Crippen molar-refractivity contribution in [1.29, 1.82) is 0 Å². The van der Waals surface area contributed by atoms with Crippen molar-refractivity contribution >= 4 is 11.6 Å². The van der Waals surface area contributed by atoms with E-state index in [9.17, 15) is 8.78 Å². The first-order valence-corrected chi connectivity index (χ1v) is 12.6. The van der Waals surface area contributed by atoms with Crippen molar-refractivity contribution < 1.29 is 8.78 Å². The first kappa shape index (κ1) is 22.4. The van der Waals surface area contributed by atoms with Gasteiger partial charge in [0.25, 0.3) is 5.92 Å². The monoisotopic (exact) mass is 479 g/mol. The van der Waals surface area contributed by atoms with Crippen molar-refractivity contribution in [3.8, 4) is 17.1 Å². The highest BCUT2D eigenvalue weighted by molar-refractivity contribution is 5.65. The third-order valence-electron chi connectivity index (χ3n) is 7.88. The van der Waals surface area contributed by atoms with Crippen molar-refractivity contribution in [2.75, 3.05) is 36.0 Å². The lowest BCUT2D eigenvalue weighted by Crippen LogP contribution is -2.40. The van der Waals surface area contributed by atoms with E-state index in [0.717, 1.165) is 24.5 Å². The number of aromatic nitrogens is 5. The molecule has 0 radical (unpaired) electrons. The van der Waals surface area contributed by atoms with Crippen LogP contribution in [0.4, 0.5) is 20.4 Å². The Balaban J connectivity index is 1.28. The molecule has 3 aliphatic rings. The second-order valence-electron chi connectivity index (χ2n) is 10.6. The van der Waals surface area contributed by atoms with Crippen molar-refractivity contribution in [2.24, 2.45) is 5.41 Å². The van der Waals surface area contributed by atoms with E-state index in [1.165, 1.54) is 36.9 Å². The van der Waals surface area contributed by atoms with Gasteiger partial charge in [0.15, 0.2) is 0 Å². The largest absolute Gasteiger partial charge is 0.370 e. The minimum atomic E-state index is -2.61. The summed E-state index contributed by atoms with van der Waals surface area (Å²) in [4.78, 5) is 13.5. The molecule has 1 aromatic carbocycles. The zero-order valence-electron chi connectivity index (χ0n) is 20.3. The Labute approximate surface area is 204 Å². The van der Waals surface area contributed by atoms with Gasteiger partial charge >= 0.3 is 0 Å². The van der Waals surface area contributed by atoms with Crippen molar-refractivity contribution in [3.63, 3.8) is 0 Å². The predicted molar refractivity (Wildman–Crippen MR) is 131 cm³/mol. The van der Waals surface area contributed by atoms with E-state index in [-0.39, 0.29) is 25.9 Å². The van der Waals surface area contributed by atoms with Crippen LogP contribution in [0.3, 0.4) is 0 Å². The Morgan fingerprint density at radius 3 is 2.20 bits per heavy atom. The van der Waals surface area contributed by atoms with Gasteiger partial charge in [-0.2, -0.15) is 0 Å². The number of rotatable bonds is 4. The van der Waals surface area contributed by atoms with Crippen LogP contribution in [-0.4, -0.2) is 57.1 Å². The van der Waals surface area contributed by atoms with Gasteiger partial charge in [0.05, 0.1) is 23.3 Å². The van der Waals surface area contributed by atoms with Crippen LogP contribution in [0.5, 0.6) is 0 Å². The van der Waals surface area contributed by atoms with E-state index in [0.29, 0.717) is 22.8 Å². The molecule has 6 rings (SSSR count). The quantitative estimate of drug-likeness (QED) is 0.527. The summed E-state index contributed by atoms with van der Waals surface area (Å²) in [7, 11) is 0. The van der Waals surface area contributed by atoms with Gasteiger partial charge in [-0.15, -0.1) is 5.10 Å². The number of hydrogen-bond donors (Lipinski definition) is 0. The summed E-state index contributed by atoms with van der Waals surface area (Å²) < 4.78 is 29.1. The standard InChI is InChI=1S/C26H31F2N7/c1-18-3-4-22(23(15-18)33-11-7-25(5-6-25)8-12-33)35-17-21(31-32-35)20-16-19(2)29-24(30-20)34-13-9-26(27,28)10-14-34/h3-4,15-17H,5-14H2,1-2H3. The van der Waals surface area contributed by atoms with Gasteiger partial charge in [-0.3, -0.25) is 0 Å². The van der Waals surface area contributed by atoms with Crippen LogP contribution in [0.25, 0.3) is 17.1 Å². The lowest BCUT2D eigenvalue weighted by Gasteiger charge is -2.35. The predicted octanol–water partition coefficient (Wildman–Crippen LogP) is 4.96. The first-order chi connectivity index (χ1) is 16.8. The molecule has 0 atom stereocenters. The van der Waals surface area contributed by atoms with Crippen LogP contribution in [0.2, 0.25) is 0 Å². The molecule has 1 aliphatic carbocycles. The molecule has 184 valence electrons. The van der Waals surface area contributed by atoms with E-state index in [1.54, 1.807) is 0 Å². The molecular weight excluding hydrogens is 448 g/mol. The maximum Gasteiger partial charge on any atom is 0.251 e. The molecule has 2 aromatic heterocycles. The molecule has 0 unspecified atom stereocenters. The van der Waals surface area contributed by atoms with Gasteiger partial charge in [0, 0.05) is 44.7 Å². The fraction of sp³-hybridized carbons (Fsp3) is 0.538. The number of nitrogens with zero attached hydrogens (tertiary/aromatic N) is 7. The van der Waals surface area contributed by atoms with Gasteiger partial charge in [0.2, 0.25) is 5.95 Å². The molecule has 35 heavy (non-hydrogen) atoms. The number of benzene rings is 1. The van der Waals surface area contributed by atoms with Crippen LogP contribution in [-0.2, 0) is 0 Å². The average molecular weight is 480 g/mol. The lowest BCUT2D eigenvalue weighted by molar-refractivity contribution is -0.0222. The number of hydrogen-bond acceptors (Lipinski definition) is 6. The van der Waals surface area contributed by atoms with E-state index in [4.69, 9.17) is 0 Å². The zero-order valence-corrected chi connectivity index (χ0v) is 20.3. The Hall–Kier alpha value is -3.10.